The fourth-order valence-corrected chi connectivity index (χ4v) is 2.21. The molecule has 1 aromatic carbocycles. The average molecular weight is 206 g/mol. The number of fused-ring (bicyclic) bond motifs is 1. The van der Waals surface area contributed by atoms with Crippen LogP contribution in [0.4, 0.5) is 0 Å². The molecule has 3 heteroatoms. The third kappa shape index (κ3) is 1.23. The van der Waals surface area contributed by atoms with Gasteiger partial charge in [-0.1, -0.05) is 12.1 Å². The number of methoxy groups -OCH3 is 2. The minimum absolute atomic E-state index is 0.178. The van der Waals surface area contributed by atoms with Crippen LogP contribution in [0.25, 0.3) is 0 Å². The van der Waals surface area contributed by atoms with E-state index in [2.05, 4.69) is 0 Å². The zero-order chi connectivity index (χ0) is 11.1. The minimum atomic E-state index is -0.487. The number of rotatable bonds is 2. The van der Waals surface area contributed by atoms with E-state index >= 15 is 0 Å². The van der Waals surface area contributed by atoms with Crippen molar-refractivity contribution in [2.24, 2.45) is 0 Å². The third-order valence-corrected chi connectivity index (χ3v) is 3.11. The maximum Gasteiger partial charge on any atom is 0.316 e. The van der Waals surface area contributed by atoms with Gasteiger partial charge in [-0.05, 0) is 30.5 Å². The first-order valence-corrected chi connectivity index (χ1v) is 4.88. The molecule has 1 atom stereocenters. The standard InChI is InChI=1S/C12H14O3/c1-12(11(13)15-3)7-8-9(12)5-4-6-10(8)14-2/h4-6H,7H2,1-3H3. The van der Waals surface area contributed by atoms with Crippen molar-refractivity contribution in [2.45, 2.75) is 18.8 Å². The molecule has 1 aliphatic rings. The number of esters is 1. The van der Waals surface area contributed by atoms with Crippen molar-refractivity contribution in [1.82, 2.24) is 0 Å². The van der Waals surface area contributed by atoms with E-state index in [1.165, 1.54) is 7.11 Å². The number of carbonyl (C=O) groups excluding carboxylic acids is 1. The topological polar surface area (TPSA) is 35.5 Å². The molecule has 0 saturated carbocycles. The molecule has 1 unspecified atom stereocenters. The van der Waals surface area contributed by atoms with Crippen LogP contribution in [0.2, 0.25) is 0 Å². The third-order valence-electron chi connectivity index (χ3n) is 3.11. The highest BCUT2D eigenvalue weighted by molar-refractivity contribution is 5.87. The maximum absolute atomic E-state index is 11.6. The molecule has 0 saturated heterocycles. The van der Waals surface area contributed by atoms with Crippen LogP contribution in [0.15, 0.2) is 18.2 Å². The molecule has 2 rings (SSSR count). The van der Waals surface area contributed by atoms with Gasteiger partial charge in [-0.2, -0.15) is 0 Å². The molecule has 3 nitrogen and oxygen atoms in total. The van der Waals surface area contributed by atoms with Crippen LogP contribution >= 0.6 is 0 Å². The van der Waals surface area contributed by atoms with Crippen LogP contribution in [-0.4, -0.2) is 20.2 Å². The lowest BCUT2D eigenvalue weighted by Gasteiger charge is -2.39. The number of ether oxygens (including phenoxy) is 2. The summed E-state index contributed by atoms with van der Waals surface area (Å²) in [5.74, 6) is 0.678. The van der Waals surface area contributed by atoms with Gasteiger partial charge >= 0.3 is 5.97 Å². The van der Waals surface area contributed by atoms with Crippen LogP contribution in [-0.2, 0) is 21.4 Å². The Balaban J connectivity index is 2.42. The summed E-state index contributed by atoms with van der Waals surface area (Å²) in [6.07, 6.45) is 0.693. The highest BCUT2D eigenvalue weighted by atomic mass is 16.5. The second kappa shape index (κ2) is 3.26. The SMILES string of the molecule is COC(=O)C1(C)Cc2c(OC)cccc21. The average Bonchev–Trinajstić information content (AvgIpc) is 2.26. The zero-order valence-electron chi connectivity index (χ0n) is 9.16. The fourth-order valence-electron chi connectivity index (χ4n) is 2.21. The van der Waals surface area contributed by atoms with Gasteiger partial charge in [0.05, 0.1) is 19.6 Å². The number of carbonyl (C=O) groups is 1. The van der Waals surface area contributed by atoms with E-state index in [-0.39, 0.29) is 5.97 Å². The van der Waals surface area contributed by atoms with Gasteiger partial charge in [0, 0.05) is 0 Å². The Morgan fingerprint density at radius 3 is 2.73 bits per heavy atom. The summed E-state index contributed by atoms with van der Waals surface area (Å²) in [6.45, 7) is 1.90. The smallest absolute Gasteiger partial charge is 0.316 e. The van der Waals surface area contributed by atoms with Gasteiger partial charge in [0.1, 0.15) is 5.75 Å². The molecule has 0 heterocycles. The highest BCUT2D eigenvalue weighted by Crippen LogP contribution is 2.45. The molecule has 1 aromatic rings. The second-order valence-corrected chi connectivity index (χ2v) is 3.99. The Kier molecular flexibility index (Phi) is 2.18. The number of hydrogen-bond acceptors (Lipinski definition) is 3. The largest absolute Gasteiger partial charge is 0.496 e. The van der Waals surface area contributed by atoms with E-state index in [0.717, 1.165) is 16.9 Å². The fraction of sp³-hybridized carbons (Fsp3) is 0.417. The lowest BCUT2D eigenvalue weighted by Crippen LogP contribution is -2.44. The first kappa shape index (κ1) is 10.0. The molecule has 0 bridgehead atoms. The summed E-state index contributed by atoms with van der Waals surface area (Å²) in [6, 6.07) is 5.77. The highest BCUT2D eigenvalue weighted by Gasteiger charge is 2.47. The van der Waals surface area contributed by atoms with Crippen molar-refractivity contribution in [3.63, 3.8) is 0 Å². The predicted octanol–water partition coefficient (Wildman–Crippen LogP) is 1.68. The quantitative estimate of drug-likeness (QED) is 0.691. The van der Waals surface area contributed by atoms with Crippen molar-refractivity contribution in [2.75, 3.05) is 14.2 Å². The van der Waals surface area contributed by atoms with Crippen molar-refractivity contribution in [3.05, 3.63) is 29.3 Å². The van der Waals surface area contributed by atoms with Gasteiger partial charge in [-0.3, -0.25) is 4.79 Å². The van der Waals surface area contributed by atoms with Crippen molar-refractivity contribution in [3.8, 4) is 5.75 Å². The summed E-state index contributed by atoms with van der Waals surface area (Å²) < 4.78 is 10.0. The van der Waals surface area contributed by atoms with Crippen molar-refractivity contribution >= 4 is 5.97 Å². The van der Waals surface area contributed by atoms with Crippen LogP contribution in [0.3, 0.4) is 0 Å². The van der Waals surface area contributed by atoms with E-state index in [0.29, 0.717) is 6.42 Å². The van der Waals surface area contributed by atoms with Crippen molar-refractivity contribution < 1.29 is 14.3 Å². The van der Waals surface area contributed by atoms with E-state index in [1.807, 2.05) is 25.1 Å². The Morgan fingerprint density at radius 2 is 2.13 bits per heavy atom. The van der Waals surface area contributed by atoms with E-state index in [1.54, 1.807) is 7.11 Å². The molecule has 15 heavy (non-hydrogen) atoms. The molecule has 0 N–H and O–H groups in total. The van der Waals surface area contributed by atoms with Crippen LogP contribution in [0, 0.1) is 0 Å². The van der Waals surface area contributed by atoms with Crippen LogP contribution < -0.4 is 4.74 Å². The van der Waals surface area contributed by atoms with Gasteiger partial charge in [0.15, 0.2) is 0 Å². The molecule has 0 amide bonds. The number of benzene rings is 1. The molecule has 80 valence electrons. The summed E-state index contributed by atoms with van der Waals surface area (Å²) in [5.41, 5.74) is 1.65. The first-order chi connectivity index (χ1) is 7.13. The van der Waals surface area contributed by atoms with Gasteiger partial charge < -0.3 is 9.47 Å². The van der Waals surface area contributed by atoms with Gasteiger partial charge in [-0.25, -0.2) is 0 Å². The monoisotopic (exact) mass is 206 g/mol. The van der Waals surface area contributed by atoms with Crippen molar-refractivity contribution in [1.29, 1.82) is 0 Å². The maximum atomic E-state index is 11.6. The molecular formula is C12H14O3. The molecule has 0 radical (unpaired) electrons. The minimum Gasteiger partial charge on any atom is -0.496 e. The molecular weight excluding hydrogens is 192 g/mol. The summed E-state index contributed by atoms with van der Waals surface area (Å²) in [4.78, 5) is 11.6. The Bertz CT molecular complexity index is 411. The zero-order valence-corrected chi connectivity index (χ0v) is 9.16. The lowest BCUT2D eigenvalue weighted by atomic mass is 9.65. The molecule has 0 aliphatic heterocycles. The summed E-state index contributed by atoms with van der Waals surface area (Å²) in [5, 5.41) is 0. The molecule has 0 fully saturated rings. The van der Waals surface area contributed by atoms with Crippen LogP contribution in [0.5, 0.6) is 5.75 Å². The van der Waals surface area contributed by atoms with Gasteiger partial charge in [0.2, 0.25) is 0 Å². The Labute approximate surface area is 89.0 Å². The second-order valence-electron chi connectivity index (χ2n) is 3.99. The molecule has 1 aliphatic carbocycles. The molecule has 0 aromatic heterocycles. The van der Waals surface area contributed by atoms with Gasteiger partial charge in [0.25, 0.3) is 0 Å². The van der Waals surface area contributed by atoms with Gasteiger partial charge in [-0.15, -0.1) is 0 Å². The Morgan fingerprint density at radius 1 is 1.40 bits per heavy atom. The van der Waals surface area contributed by atoms with E-state index in [9.17, 15) is 4.79 Å². The van der Waals surface area contributed by atoms with Crippen LogP contribution in [0.1, 0.15) is 18.1 Å². The summed E-state index contributed by atoms with van der Waals surface area (Å²) in [7, 11) is 3.06. The summed E-state index contributed by atoms with van der Waals surface area (Å²) >= 11 is 0. The van der Waals surface area contributed by atoms with E-state index < -0.39 is 5.41 Å². The lowest BCUT2D eigenvalue weighted by molar-refractivity contribution is -0.147. The normalized spacial score (nSPS) is 22.6. The molecule has 0 spiro atoms. The first-order valence-electron chi connectivity index (χ1n) is 4.88. The predicted molar refractivity (Wildman–Crippen MR) is 56.1 cm³/mol. The van der Waals surface area contributed by atoms with E-state index in [4.69, 9.17) is 9.47 Å². The number of hydrogen-bond donors (Lipinski definition) is 0. The Hall–Kier alpha value is -1.51.